The maximum atomic E-state index is 10.8. The summed E-state index contributed by atoms with van der Waals surface area (Å²) in [7, 11) is 3.30. The van der Waals surface area contributed by atoms with Crippen molar-refractivity contribution >= 4 is 0 Å². The van der Waals surface area contributed by atoms with Gasteiger partial charge in [-0.15, -0.1) is 0 Å². The number of benzene rings is 2. The Bertz CT molecular complexity index is 825. The number of hydrogen-bond donors (Lipinski definition) is 2. The zero-order valence-electron chi connectivity index (χ0n) is 16.3. The van der Waals surface area contributed by atoms with E-state index >= 15 is 0 Å². The minimum absolute atomic E-state index is 0.0516. The van der Waals surface area contributed by atoms with Gasteiger partial charge < -0.3 is 29.4 Å². The van der Waals surface area contributed by atoms with Crippen molar-refractivity contribution in [3.05, 3.63) is 47.5 Å². The van der Waals surface area contributed by atoms with Crippen LogP contribution < -0.4 is 24.3 Å². The van der Waals surface area contributed by atoms with Gasteiger partial charge in [0.05, 0.1) is 20.3 Å². The molecule has 4 rings (SSSR count). The molecule has 2 aliphatic rings. The molecular formula is C22H27NO5. The minimum Gasteiger partial charge on any atom is -0.493 e. The van der Waals surface area contributed by atoms with Gasteiger partial charge >= 0.3 is 0 Å². The fraction of sp³-hybridized carbons (Fsp3) is 0.455. The van der Waals surface area contributed by atoms with Crippen LogP contribution in [0.5, 0.6) is 23.0 Å². The molecule has 2 heterocycles. The van der Waals surface area contributed by atoms with Gasteiger partial charge in [-0.3, -0.25) is 0 Å². The van der Waals surface area contributed by atoms with E-state index in [0.717, 1.165) is 48.5 Å². The number of rotatable bonds is 7. The average Bonchev–Trinajstić information content (AvgIpc) is 3.40. The molecule has 0 aliphatic carbocycles. The predicted octanol–water partition coefficient (Wildman–Crippen LogP) is 3.22. The molecule has 6 heteroatoms. The van der Waals surface area contributed by atoms with Crippen LogP contribution in [0.3, 0.4) is 0 Å². The van der Waals surface area contributed by atoms with Crippen LogP contribution in [-0.4, -0.2) is 38.2 Å². The summed E-state index contributed by atoms with van der Waals surface area (Å²) in [6.45, 7) is 0.245. The second kappa shape index (κ2) is 8.29. The van der Waals surface area contributed by atoms with Crippen LogP contribution in [0.1, 0.15) is 36.5 Å². The molecule has 0 amide bonds. The Balaban J connectivity index is 1.33. The Morgan fingerprint density at radius 3 is 2.68 bits per heavy atom. The lowest BCUT2D eigenvalue weighted by Gasteiger charge is -2.21. The Kier molecular flexibility index (Phi) is 5.59. The van der Waals surface area contributed by atoms with E-state index < -0.39 is 6.10 Å². The average molecular weight is 385 g/mol. The number of nitrogens with one attached hydrogen (secondary N) is 1. The first kappa shape index (κ1) is 18.9. The van der Waals surface area contributed by atoms with E-state index in [1.807, 2.05) is 30.3 Å². The van der Waals surface area contributed by atoms with Crippen LogP contribution in [0.2, 0.25) is 0 Å². The smallest absolute Gasteiger partial charge is 0.231 e. The third-order valence-electron chi connectivity index (χ3n) is 5.62. The van der Waals surface area contributed by atoms with Gasteiger partial charge in [-0.25, -0.2) is 0 Å². The molecule has 0 radical (unpaired) electrons. The van der Waals surface area contributed by atoms with Gasteiger partial charge in [0.2, 0.25) is 6.79 Å². The number of fused-ring (bicyclic) bond motifs is 1. The van der Waals surface area contributed by atoms with Crippen LogP contribution in [0.25, 0.3) is 0 Å². The monoisotopic (exact) mass is 385 g/mol. The van der Waals surface area contributed by atoms with E-state index in [1.54, 1.807) is 14.2 Å². The van der Waals surface area contributed by atoms with Crippen LogP contribution in [0.4, 0.5) is 0 Å². The molecule has 0 saturated carbocycles. The quantitative estimate of drug-likeness (QED) is 0.763. The lowest BCUT2D eigenvalue weighted by molar-refractivity contribution is 0.134. The maximum absolute atomic E-state index is 10.8. The van der Waals surface area contributed by atoms with E-state index in [9.17, 15) is 5.11 Å². The molecule has 1 saturated heterocycles. The standard InChI is InChI=1S/C22H27NO5/c1-25-18-9-4-14(11-20(18)26-2)3-6-16-7-8-17(23-16)22(24)15-5-10-19-21(12-15)28-13-27-19/h4-5,9-12,16-17,22-24H,3,6-8,13H2,1-2H3. The van der Waals surface area contributed by atoms with Crippen molar-refractivity contribution in [3.8, 4) is 23.0 Å². The summed E-state index contributed by atoms with van der Waals surface area (Å²) in [4.78, 5) is 0. The van der Waals surface area contributed by atoms with Crippen LogP contribution in [0, 0.1) is 0 Å². The van der Waals surface area contributed by atoms with Gasteiger partial charge in [0.15, 0.2) is 23.0 Å². The molecule has 2 N–H and O–H groups in total. The van der Waals surface area contributed by atoms with E-state index in [0.29, 0.717) is 11.8 Å². The molecule has 2 aliphatic heterocycles. The molecule has 2 aromatic rings. The second-order valence-electron chi connectivity index (χ2n) is 7.33. The SMILES string of the molecule is COc1ccc(CCC2CCC(C(O)c3ccc4c(c3)OCO4)N2)cc1OC. The molecule has 0 spiro atoms. The Hall–Kier alpha value is -2.44. The second-order valence-corrected chi connectivity index (χ2v) is 7.33. The Morgan fingerprint density at radius 2 is 1.86 bits per heavy atom. The number of methoxy groups -OCH3 is 2. The van der Waals surface area contributed by atoms with Crippen molar-refractivity contribution in [2.75, 3.05) is 21.0 Å². The van der Waals surface area contributed by atoms with E-state index in [2.05, 4.69) is 11.4 Å². The zero-order chi connectivity index (χ0) is 19.5. The van der Waals surface area contributed by atoms with Crippen molar-refractivity contribution < 1.29 is 24.1 Å². The third-order valence-corrected chi connectivity index (χ3v) is 5.62. The van der Waals surface area contributed by atoms with Crippen LogP contribution in [-0.2, 0) is 6.42 Å². The van der Waals surface area contributed by atoms with Gasteiger partial charge in [0.1, 0.15) is 0 Å². The molecule has 0 aromatic heterocycles. The largest absolute Gasteiger partial charge is 0.493 e. The van der Waals surface area contributed by atoms with Crippen molar-refractivity contribution in [2.45, 2.75) is 43.9 Å². The van der Waals surface area contributed by atoms with Gasteiger partial charge in [-0.05, 0) is 61.1 Å². The first-order valence-electron chi connectivity index (χ1n) is 9.72. The van der Waals surface area contributed by atoms with Crippen molar-refractivity contribution in [1.29, 1.82) is 0 Å². The maximum Gasteiger partial charge on any atom is 0.231 e. The number of aryl methyl sites for hydroxylation is 1. The fourth-order valence-corrected chi connectivity index (χ4v) is 4.03. The summed E-state index contributed by atoms with van der Waals surface area (Å²) < 4.78 is 21.5. The first-order valence-corrected chi connectivity index (χ1v) is 9.72. The number of aliphatic hydroxyl groups is 1. The normalized spacial score (nSPS) is 21.5. The molecule has 3 atom stereocenters. The molecule has 28 heavy (non-hydrogen) atoms. The van der Waals surface area contributed by atoms with E-state index in [4.69, 9.17) is 18.9 Å². The predicted molar refractivity (Wildman–Crippen MR) is 105 cm³/mol. The van der Waals surface area contributed by atoms with Crippen molar-refractivity contribution in [2.24, 2.45) is 0 Å². The summed E-state index contributed by atoms with van der Waals surface area (Å²) in [5, 5.41) is 14.4. The van der Waals surface area contributed by atoms with E-state index in [1.165, 1.54) is 5.56 Å². The van der Waals surface area contributed by atoms with Crippen LogP contribution in [0.15, 0.2) is 36.4 Å². The highest BCUT2D eigenvalue weighted by Crippen LogP contribution is 2.36. The Morgan fingerprint density at radius 1 is 1.04 bits per heavy atom. The Labute approximate surface area is 165 Å². The fourth-order valence-electron chi connectivity index (χ4n) is 4.03. The molecule has 1 fully saturated rings. The first-order chi connectivity index (χ1) is 13.7. The molecule has 6 nitrogen and oxygen atoms in total. The number of hydrogen-bond acceptors (Lipinski definition) is 6. The van der Waals surface area contributed by atoms with E-state index in [-0.39, 0.29) is 12.8 Å². The molecule has 150 valence electrons. The minimum atomic E-state index is -0.555. The van der Waals surface area contributed by atoms with Gasteiger partial charge in [-0.2, -0.15) is 0 Å². The van der Waals surface area contributed by atoms with Crippen molar-refractivity contribution in [3.63, 3.8) is 0 Å². The van der Waals surface area contributed by atoms with Gasteiger partial charge in [0.25, 0.3) is 0 Å². The molecule has 2 aromatic carbocycles. The summed E-state index contributed by atoms with van der Waals surface area (Å²) in [5.41, 5.74) is 2.08. The lowest BCUT2D eigenvalue weighted by atomic mass is 10.0. The highest BCUT2D eigenvalue weighted by molar-refractivity contribution is 5.45. The van der Waals surface area contributed by atoms with Gasteiger partial charge in [-0.1, -0.05) is 12.1 Å². The number of aliphatic hydroxyl groups excluding tert-OH is 1. The molecule has 0 bridgehead atoms. The summed E-state index contributed by atoms with van der Waals surface area (Å²) in [6, 6.07) is 12.2. The molecule has 3 unspecified atom stereocenters. The zero-order valence-corrected chi connectivity index (χ0v) is 16.3. The van der Waals surface area contributed by atoms with Crippen LogP contribution >= 0.6 is 0 Å². The third kappa shape index (κ3) is 3.88. The summed E-state index contributed by atoms with van der Waals surface area (Å²) in [6.07, 6.45) is 3.41. The topological polar surface area (TPSA) is 69.2 Å². The lowest BCUT2D eigenvalue weighted by Crippen LogP contribution is -2.34. The highest BCUT2D eigenvalue weighted by Gasteiger charge is 2.30. The number of ether oxygens (including phenoxy) is 4. The van der Waals surface area contributed by atoms with Crippen molar-refractivity contribution in [1.82, 2.24) is 5.32 Å². The summed E-state index contributed by atoms with van der Waals surface area (Å²) >= 11 is 0. The van der Waals surface area contributed by atoms with Gasteiger partial charge in [0, 0.05) is 12.1 Å². The summed E-state index contributed by atoms with van der Waals surface area (Å²) in [5.74, 6) is 2.95. The molecular weight excluding hydrogens is 358 g/mol. The highest BCUT2D eigenvalue weighted by atomic mass is 16.7.